The van der Waals surface area contributed by atoms with E-state index in [0.29, 0.717) is 36.1 Å². The van der Waals surface area contributed by atoms with Crippen LogP contribution in [0.15, 0.2) is 53.7 Å². The number of thioether (sulfide) groups is 1. The Bertz CT molecular complexity index is 1040. The summed E-state index contributed by atoms with van der Waals surface area (Å²) in [7, 11) is 0. The number of ketones is 1. The number of ether oxygens (including phenoxy) is 1. The van der Waals surface area contributed by atoms with Crippen LogP contribution in [0, 0.1) is 3.57 Å². The fourth-order valence-corrected chi connectivity index (χ4v) is 4.10. The van der Waals surface area contributed by atoms with Gasteiger partial charge in [-0.2, -0.15) is 0 Å². The maximum absolute atomic E-state index is 12.6. The van der Waals surface area contributed by atoms with Gasteiger partial charge in [-0.1, -0.05) is 23.9 Å². The third-order valence-electron chi connectivity index (χ3n) is 4.33. The molecule has 0 unspecified atom stereocenters. The van der Waals surface area contributed by atoms with Crippen molar-refractivity contribution in [2.24, 2.45) is 0 Å². The average Bonchev–Trinajstić information content (AvgIpc) is 3.16. The minimum Gasteiger partial charge on any atom is -0.494 e. The van der Waals surface area contributed by atoms with E-state index in [9.17, 15) is 9.59 Å². The van der Waals surface area contributed by atoms with Crippen molar-refractivity contribution in [2.45, 2.75) is 25.4 Å². The number of hydrogen-bond donors (Lipinski definition) is 1. The Kier molecular flexibility index (Phi) is 8.47. The summed E-state index contributed by atoms with van der Waals surface area (Å²) >= 11 is 3.56. The number of carbonyl (C=O) groups excluding carboxylic acids is 2. The summed E-state index contributed by atoms with van der Waals surface area (Å²) in [5, 5.41) is 12.0. The molecule has 2 aromatic carbocycles. The molecule has 3 aromatic rings. The maximum atomic E-state index is 12.6. The smallest absolute Gasteiger partial charge is 0.216 e. The molecule has 1 N–H and O–H groups in total. The van der Waals surface area contributed by atoms with Crippen molar-refractivity contribution in [1.82, 2.24) is 20.1 Å². The lowest BCUT2D eigenvalue weighted by Gasteiger charge is -2.11. The third-order valence-corrected chi connectivity index (χ3v) is 5.98. The summed E-state index contributed by atoms with van der Waals surface area (Å²) in [6.45, 7) is 4.47. The monoisotopic (exact) mass is 550 g/mol. The molecular formula is C22H23IN4O3S. The highest BCUT2D eigenvalue weighted by molar-refractivity contribution is 14.1. The summed E-state index contributed by atoms with van der Waals surface area (Å²) < 4.78 is 8.53. The number of nitrogens with zero attached hydrogens (tertiary/aromatic N) is 3. The zero-order chi connectivity index (χ0) is 22.2. The molecule has 31 heavy (non-hydrogen) atoms. The van der Waals surface area contributed by atoms with Gasteiger partial charge >= 0.3 is 0 Å². The fourth-order valence-electron chi connectivity index (χ4n) is 2.87. The molecule has 1 amide bonds. The van der Waals surface area contributed by atoms with E-state index < -0.39 is 0 Å². The van der Waals surface area contributed by atoms with Gasteiger partial charge in [-0.05, 0) is 65.9 Å². The molecule has 0 aliphatic heterocycles. The maximum Gasteiger partial charge on any atom is 0.216 e. The van der Waals surface area contributed by atoms with Gasteiger partial charge in [0.1, 0.15) is 11.6 Å². The summed E-state index contributed by atoms with van der Waals surface area (Å²) in [4.78, 5) is 23.8. The molecule has 1 heterocycles. The van der Waals surface area contributed by atoms with Crippen LogP contribution < -0.4 is 10.1 Å². The van der Waals surface area contributed by atoms with Crippen LogP contribution in [0.5, 0.6) is 5.75 Å². The summed E-state index contributed by atoms with van der Waals surface area (Å²) in [6, 6.07) is 15.1. The highest BCUT2D eigenvalue weighted by Crippen LogP contribution is 2.25. The number of Topliss-reactive ketones (excluding diaryl/α,β-unsaturated/α-hetero) is 1. The van der Waals surface area contributed by atoms with Crippen molar-refractivity contribution in [3.05, 3.63) is 63.5 Å². The molecule has 9 heteroatoms. The molecule has 1 aromatic heterocycles. The molecule has 0 spiro atoms. The van der Waals surface area contributed by atoms with Crippen LogP contribution in [0.4, 0.5) is 0 Å². The highest BCUT2D eigenvalue weighted by atomic mass is 127. The average molecular weight is 550 g/mol. The lowest BCUT2D eigenvalue weighted by atomic mass is 10.2. The fraction of sp³-hybridized carbons (Fsp3) is 0.273. The number of amides is 1. The molecule has 162 valence electrons. The topological polar surface area (TPSA) is 86.1 Å². The van der Waals surface area contributed by atoms with E-state index in [-0.39, 0.29) is 17.4 Å². The van der Waals surface area contributed by atoms with Crippen LogP contribution in [0.3, 0.4) is 0 Å². The molecule has 0 saturated carbocycles. The molecule has 0 radical (unpaired) electrons. The summed E-state index contributed by atoms with van der Waals surface area (Å²) in [6.07, 6.45) is 0.519. The number of rotatable bonds is 10. The molecule has 0 aliphatic rings. The summed E-state index contributed by atoms with van der Waals surface area (Å²) in [5.41, 5.74) is 1.54. The second kappa shape index (κ2) is 11.3. The first kappa shape index (κ1) is 23.3. The first-order valence-electron chi connectivity index (χ1n) is 9.81. The normalized spacial score (nSPS) is 10.7. The standard InChI is InChI=1S/C22H23IN4O3S/c1-3-30-19-10-8-18(9-11-19)27-21(12-13-24-15(2)28)25-26-22(27)31-14-20(29)16-4-6-17(23)7-5-16/h4-11H,3,12-14H2,1-2H3,(H,24,28). The molecule has 0 atom stereocenters. The van der Waals surface area contributed by atoms with E-state index in [1.807, 2.05) is 60.0 Å². The predicted molar refractivity (Wildman–Crippen MR) is 129 cm³/mol. The SMILES string of the molecule is CCOc1ccc(-n2c(CCNC(C)=O)nnc2SCC(=O)c2ccc(I)cc2)cc1. The van der Waals surface area contributed by atoms with Crippen molar-refractivity contribution in [3.63, 3.8) is 0 Å². The second-order valence-electron chi connectivity index (χ2n) is 6.61. The minimum absolute atomic E-state index is 0.0300. The molecular weight excluding hydrogens is 527 g/mol. The first-order valence-corrected chi connectivity index (χ1v) is 11.9. The quantitative estimate of drug-likeness (QED) is 0.234. The predicted octanol–water partition coefficient (Wildman–Crippen LogP) is 3.92. The Hall–Kier alpha value is -2.40. The number of hydrogen-bond acceptors (Lipinski definition) is 6. The molecule has 0 saturated heterocycles. The Balaban J connectivity index is 1.81. The van der Waals surface area contributed by atoms with Gasteiger partial charge in [0, 0.05) is 34.7 Å². The lowest BCUT2D eigenvalue weighted by molar-refractivity contribution is -0.118. The molecule has 7 nitrogen and oxygen atoms in total. The minimum atomic E-state index is -0.0927. The van der Waals surface area contributed by atoms with Crippen LogP contribution in [0.25, 0.3) is 5.69 Å². The van der Waals surface area contributed by atoms with Gasteiger partial charge in [-0.3, -0.25) is 14.2 Å². The van der Waals surface area contributed by atoms with E-state index in [2.05, 4.69) is 38.1 Å². The number of nitrogens with one attached hydrogen (secondary N) is 1. The van der Waals surface area contributed by atoms with Crippen LogP contribution in [0.1, 0.15) is 30.0 Å². The zero-order valence-electron chi connectivity index (χ0n) is 17.3. The van der Waals surface area contributed by atoms with E-state index in [1.165, 1.54) is 18.7 Å². The molecule has 0 fully saturated rings. The molecule has 0 aliphatic carbocycles. The lowest BCUT2D eigenvalue weighted by Crippen LogP contribution is -2.23. The van der Waals surface area contributed by atoms with Crippen molar-refractivity contribution in [1.29, 1.82) is 0 Å². The molecule has 0 bridgehead atoms. The summed E-state index contributed by atoms with van der Waals surface area (Å²) in [5.74, 6) is 1.68. The van der Waals surface area contributed by atoms with Crippen molar-refractivity contribution in [3.8, 4) is 11.4 Å². The van der Waals surface area contributed by atoms with Gasteiger partial charge in [-0.25, -0.2) is 0 Å². The van der Waals surface area contributed by atoms with Crippen molar-refractivity contribution in [2.75, 3.05) is 18.9 Å². The van der Waals surface area contributed by atoms with Crippen molar-refractivity contribution >= 4 is 46.0 Å². The first-order chi connectivity index (χ1) is 15.0. The number of carbonyl (C=O) groups is 2. The van der Waals surface area contributed by atoms with Gasteiger partial charge < -0.3 is 10.1 Å². The van der Waals surface area contributed by atoms with Crippen LogP contribution in [-0.4, -0.2) is 45.4 Å². The third kappa shape index (κ3) is 6.54. The van der Waals surface area contributed by atoms with E-state index in [4.69, 9.17) is 4.74 Å². The highest BCUT2D eigenvalue weighted by Gasteiger charge is 2.17. The van der Waals surface area contributed by atoms with E-state index >= 15 is 0 Å². The largest absolute Gasteiger partial charge is 0.494 e. The number of halogens is 1. The van der Waals surface area contributed by atoms with Crippen LogP contribution in [0.2, 0.25) is 0 Å². The Labute approximate surface area is 199 Å². The number of benzene rings is 2. The Morgan fingerprint density at radius 2 is 1.81 bits per heavy atom. The van der Waals surface area contributed by atoms with Gasteiger partial charge in [0.2, 0.25) is 5.91 Å². The number of aromatic nitrogens is 3. The Morgan fingerprint density at radius 1 is 1.10 bits per heavy atom. The van der Waals surface area contributed by atoms with Gasteiger partial charge in [-0.15, -0.1) is 10.2 Å². The van der Waals surface area contributed by atoms with E-state index in [0.717, 1.165) is 15.0 Å². The van der Waals surface area contributed by atoms with Crippen LogP contribution >= 0.6 is 34.4 Å². The van der Waals surface area contributed by atoms with Gasteiger partial charge in [0.25, 0.3) is 0 Å². The Morgan fingerprint density at radius 3 is 2.45 bits per heavy atom. The van der Waals surface area contributed by atoms with Gasteiger partial charge in [0.15, 0.2) is 10.9 Å². The van der Waals surface area contributed by atoms with Crippen LogP contribution in [-0.2, 0) is 11.2 Å². The van der Waals surface area contributed by atoms with E-state index in [1.54, 1.807) is 0 Å². The second-order valence-corrected chi connectivity index (χ2v) is 8.80. The van der Waals surface area contributed by atoms with Crippen molar-refractivity contribution < 1.29 is 14.3 Å². The molecule has 3 rings (SSSR count). The van der Waals surface area contributed by atoms with Gasteiger partial charge in [0.05, 0.1) is 12.4 Å². The zero-order valence-corrected chi connectivity index (χ0v) is 20.3.